The highest BCUT2D eigenvalue weighted by Gasteiger charge is 2.25. The second-order valence-corrected chi connectivity index (χ2v) is 6.26. The van der Waals surface area contributed by atoms with Gasteiger partial charge in [-0.3, -0.25) is 14.3 Å². The summed E-state index contributed by atoms with van der Waals surface area (Å²) in [6.45, 7) is 3.18. The number of likely N-dealkylation sites (N-methyl/N-ethyl adjacent to an activating group) is 1. The first-order valence-electron chi connectivity index (χ1n) is 8.40. The number of piperazine rings is 1. The first-order chi connectivity index (χ1) is 12.2. The molecular weight excluding hydrogens is 356 g/mol. The molecule has 0 amide bonds. The minimum Gasteiger partial charge on any atom is -0.339 e. The molecule has 8 nitrogen and oxygen atoms in total. The van der Waals surface area contributed by atoms with Crippen molar-refractivity contribution in [3.05, 3.63) is 52.7 Å². The molecule has 1 aliphatic rings. The van der Waals surface area contributed by atoms with Gasteiger partial charge < -0.3 is 9.84 Å². The van der Waals surface area contributed by atoms with E-state index in [1.807, 2.05) is 18.2 Å². The summed E-state index contributed by atoms with van der Waals surface area (Å²) in [6, 6.07) is 7.46. The fourth-order valence-electron chi connectivity index (χ4n) is 3.08. The lowest BCUT2D eigenvalue weighted by Crippen LogP contribution is -2.44. The molecule has 0 spiro atoms. The Morgan fingerprint density at radius 2 is 2.19 bits per heavy atom. The molecule has 1 aliphatic heterocycles. The van der Waals surface area contributed by atoms with E-state index < -0.39 is 0 Å². The van der Waals surface area contributed by atoms with E-state index in [1.165, 1.54) is 0 Å². The number of hydrogen-bond acceptors (Lipinski definition) is 7. The van der Waals surface area contributed by atoms with Crippen LogP contribution >= 0.6 is 12.4 Å². The molecule has 2 aromatic heterocycles. The third kappa shape index (κ3) is 3.62. The summed E-state index contributed by atoms with van der Waals surface area (Å²) < 4.78 is 6.95. The number of fused-ring (bicyclic) bond motifs is 1. The number of hydrogen-bond donors (Lipinski definition) is 1. The lowest BCUT2D eigenvalue weighted by Gasteiger charge is -2.30. The van der Waals surface area contributed by atoms with Crippen LogP contribution in [0.1, 0.15) is 17.8 Å². The molecule has 0 radical (unpaired) electrons. The maximum absolute atomic E-state index is 12.5. The van der Waals surface area contributed by atoms with Crippen molar-refractivity contribution in [2.75, 3.05) is 26.7 Å². The highest BCUT2D eigenvalue weighted by molar-refractivity contribution is 5.85. The highest BCUT2D eigenvalue weighted by atomic mass is 35.5. The fraction of sp³-hybridized carbons (Fsp3) is 0.412. The first-order valence-corrected chi connectivity index (χ1v) is 8.40. The third-order valence-electron chi connectivity index (χ3n) is 4.59. The Morgan fingerprint density at radius 3 is 3.04 bits per heavy atom. The largest absolute Gasteiger partial charge is 0.339 e. The number of rotatable bonds is 4. The molecule has 9 heteroatoms. The van der Waals surface area contributed by atoms with E-state index in [9.17, 15) is 4.79 Å². The number of para-hydroxylation sites is 1. The summed E-state index contributed by atoms with van der Waals surface area (Å²) in [5, 5.41) is 8.06. The molecule has 3 aromatic rings. The van der Waals surface area contributed by atoms with Gasteiger partial charge in [-0.2, -0.15) is 4.98 Å². The number of aromatic nitrogens is 4. The van der Waals surface area contributed by atoms with Crippen LogP contribution in [-0.4, -0.2) is 51.3 Å². The average Bonchev–Trinajstić information content (AvgIpc) is 3.10. The quantitative estimate of drug-likeness (QED) is 0.727. The van der Waals surface area contributed by atoms with Crippen molar-refractivity contribution >= 4 is 23.3 Å². The number of benzene rings is 1. The molecule has 3 heterocycles. The molecule has 1 unspecified atom stereocenters. The molecule has 138 valence electrons. The molecular formula is C17H21ClN6O2. The van der Waals surface area contributed by atoms with Crippen molar-refractivity contribution in [1.29, 1.82) is 0 Å². The molecule has 0 bridgehead atoms. The van der Waals surface area contributed by atoms with Crippen LogP contribution in [0.25, 0.3) is 10.9 Å². The molecule has 1 saturated heterocycles. The third-order valence-corrected chi connectivity index (χ3v) is 4.59. The summed E-state index contributed by atoms with van der Waals surface area (Å²) in [5.41, 5.74) is 0.651. The standard InChI is InChI=1S/C17H20N6O2.ClH/c1-22-9-7-18-10-14(22)16-20-15(25-21-16)6-8-23-11-19-13-5-3-2-4-12(13)17(23)24;/h2-5,11,14,18H,6-10H2,1H3;1H. The van der Waals surface area contributed by atoms with Gasteiger partial charge in [0, 0.05) is 32.6 Å². The van der Waals surface area contributed by atoms with Gasteiger partial charge in [-0.1, -0.05) is 17.3 Å². The van der Waals surface area contributed by atoms with Gasteiger partial charge in [-0.25, -0.2) is 4.98 Å². The molecule has 1 atom stereocenters. The summed E-state index contributed by atoms with van der Waals surface area (Å²) in [4.78, 5) is 23.5. The second-order valence-electron chi connectivity index (χ2n) is 6.26. The van der Waals surface area contributed by atoms with Crippen LogP contribution in [0, 0.1) is 0 Å². The highest BCUT2D eigenvalue weighted by Crippen LogP contribution is 2.17. The van der Waals surface area contributed by atoms with Gasteiger partial charge in [0.25, 0.3) is 5.56 Å². The Labute approximate surface area is 156 Å². The normalized spacial score (nSPS) is 18.0. The van der Waals surface area contributed by atoms with Gasteiger partial charge in [0.1, 0.15) is 0 Å². The van der Waals surface area contributed by atoms with Crippen molar-refractivity contribution in [3.8, 4) is 0 Å². The maximum Gasteiger partial charge on any atom is 0.261 e. The van der Waals surface area contributed by atoms with Crippen LogP contribution in [0.15, 0.2) is 39.9 Å². The Kier molecular flexibility index (Phi) is 5.65. The summed E-state index contributed by atoms with van der Waals surface area (Å²) in [5.74, 6) is 1.22. The monoisotopic (exact) mass is 376 g/mol. The first kappa shape index (κ1) is 18.5. The van der Waals surface area contributed by atoms with Crippen molar-refractivity contribution < 1.29 is 4.52 Å². The lowest BCUT2D eigenvalue weighted by atomic mass is 10.2. The second kappa shape index (κ2) is 7.94. The minimum atomic E-state index is -0.0541. The van der Waals surface area contributed by atoms with Crippen LogP contribution in [0.4, 0.5) is 0 Å². The molecule has 1 N–H and O–H groups in total. The number of aryl methyl sites for hydroxylation is 2. The van der Waals surface area contributed by atoms with E-state index in [-0.39, 0.29) is 24.0 Å². The summed E-state index contributed by atoms with van der Waals surface area (Å²) in [6.07, 6.45) is 2.07. The van der Waals surface area contributed by atoms with E-state index in [0.717, 1.165) is 19.6 Å². The van der Waals surface area contributed by atoms with Crippen LogP contribution in [0.3, 0.4) is 0 Å². The number of nitrogens with one attached hydrogen (secondary N) is 1. The van der Waals surface area contributed by atoms with Gasteiger partial charge >= 0.3 is 0 Å². The van der Waals surface area contributed by atoms with Gasteiger partial charge in [-0.05, 0) is 19.2 Å². The average molecular weight is 377 g/mol. The van der Waals surface area contributed by atoms with Crippen molar-refractivity contribution in [1.82, 2.24) is 29.9 Å². The van der Waals surface area contributed by atoms with Gasteiger partial charge in [0.05, 0.1) is 23.3 Å². The SMILES string of the molecule is CN1CCNCC1c1noc(CCn2cnc3ccccc3c2=O)n1.Cl. The molecule has 1 aromatic carbocycles. The van der Waals surface area contributed by atoms with E-state index in [0.29, 0.717) is 35.6 Å². The van der Waals surface area contributed by atoms with Crippen LogP contribution in [0.5, 0.6) is 0 Å². The van der Waals surface area contributed by atoms with Gasteiger partial charge in [0.15, 0.2) is 5.82 Å². The fourth-order valence-corrected chi connectivity index (χ4v) is 3.08. The maximum atomic E-state index is 12.5. The van der Waals surface area contributed by atoms with Gasteiger partial charge in [0.2, 0.25) is 5.89 Å². The Hall–Kier alpha value is -2.29. The minimum absolute atomic E-state index is 0. The topological polar surface area (TPSA) is 89.1 Å². The zero-order valence-corrected chi connectivity index (χ0v) is 15.3. The molecule has 26 heavy (non-hydrogen) atoms. The van der Waals surface area contributed by atoms with Crippen LogP contribution < -0.4 is 10.9 Å². The summed E-state index contributed by atoms with van der Waals surface area (Å²) >= 11 is 0. The van der Waals surface area contributed by atoms with E-state index >= 15 is 0 Å². The zero-order chi connectivity index (χ0) is 17.2. The molecule has 0 aliphatic carbocycles. The molecule has 4 rings (SSSR count). The smallest absolute Gasteiger partial charge is 0.261 e. The van der Waals surface area contributed by atoms with E-state index in [4.69, 9.17) is 4.52 Å². The van der Waals surface area contributed by atoms with E-state index in [1.54, 1.807) is 17.0 Å². The number of halogens is 1. The Morgan fingerprint density at radius 1 is 1.35 bits per heavy atom. The molecule has 0 saturated carbocycles. The van der Waals surface area contributed by atoms with Crippen molar-refractivity contribution in [3.63, 3.8) is 0 Å². The van der Waals surface area contributed by atoms with E-state index in [2.05, 4.69) is 32.4 Å². The predicted octanol–water partition coefficient (Wildman–Crippen LogP) is 1.02. The zero-order valence-electron chi connectivity index (χ0n) is 14.5. The lowest BCUT2D eigenvalue weighted by molar-refractivity contribution is 0.190. The Bertz CT molecular complexity index is 940. The van der Waals surface area contributed by atoms with Crippen LogP contribution in [0.2, 0.25) is 0 Å². The van der Waals surface area contributed by atoms with Crippen molar-refractivity contribution in [2.45, 2.75) is 19.0 Å². The van der Waals surface area contributed by atoms with Gasteiger partial charge in [-0.15, -0.1) is 12.4 Å². The van der Waals surface area contributed by atoms with Crippen LogP contribution in [-0.2, 0) is 13.0 Å². The molecule has 1 fully saturated rings. The predicted molar refractivity (Wildman–Crippen MR) is 99.5 cm³/mol. The summed E-state index contributed by atoms with van der Waals surface area (Å²) in [7, 11) is 2.06. The number of nitrogens with zero attached hydrogens (tertiary/aromatic N) is 5. The Balaban J connectivity index is 0.00000196. The van der Waals surface area contributed by atoms with Crippen molar-refractivity contribution in [2.24, 2.45) is 0 Å².